The summed E-state index contributed by atoms with van der Waals surface area (Å²) in [5.41, 5.74) is 2.47. The van der Waals surface area contributed by atoms with Crippen LogP contribution >= 0.6 is 0 Å². The minimum absolute atomic E-state index is 0.0139. The van der Waals surface area contributed by atoms with Gasteiger partial charge in [0, 0.05) is 20.1 Å². The number of amides is 1. The summed E-state index contributed by atoms with van der Waals surface area (Å²) < 4.78 is 0. The molecular formula is C11H18N6O. The maximum atomic E-state index is 11.7. The Bertz CT molecular complexity index is 424. The number of carbonyl (C=O) groups excluding carboxylic acids is 1. The fourth-order valence-electron chi connectivity index (χ4n) is 2.18. The molecule has 1 fully saturated rings. The lowest BCUT2D eigenvalue weighted by atomic mass is 9.97. The quantitative estimate of drug-likeness (QED) is 0.504. The van der Waals surface area contributed by atoms with Gasteiger partial charge in [-0.2, -0.15) is 0 Å². The van der Waals surface area contributed by atoms with Crippen molar-refractivity contribution in [3.8, 4) is 0 Å². The van der Waals surface area contributed by atoms with Crippen LogP contribution in [0.1, 0.15) is 12.8 Å². The Balaban J connectivity index is 2.10. The molecule has 2 rings (SSSR count). The van der Waals surface area contributed by atoms with E-state index in [0.717, 1.165) is 25.2 Å². The molecule has 0 saturated carbocycles. The average molecular weight is 250 g/mol. The van der Waals surface area contributed by atoms with Gasteiger partial charge in [-0.3, -0.25) is 9.78 Å². The minimum atomic E-state index is 0.0139. The number of piperidine rings is 1. The smallest absolute Gasteiger partial charge is 0.224 e. The molecule has 98 valence electrons. The number of nitrogens with two attached hydrogens (primary N) is 1. The lowest BCUT2D eigenvalue weighted by Crippen LogP contribution is -2.42. The highest BCUT2D eigenvalue weighted by Crippen LogP contribution is 2.21. The molecule has 2 heterocycles. The first-order chi connectivity index (χ1) is 8.74. The van der Waals surface area contributed by atoms with Gasteiger partial charge in [-0.25, -0.2) is 10.8 Å². The van der Waals surface area contributed by atoms with E-state index in [1.807, 2.05) is 0 Å². The monoisotopic (exact) mass is 250 g/mol. The summed E-state index contributed by atoms with van der Waals surface area (Å²) in [6.45, 7) is 1.55. The Morgan fingerprint density at radius 3 is 3.11 bits per heavy atom. The first kappa shape index (κ1) is 12.6. The van der Waals surface area contributed by atoms with Gasteiger partial charge < -0.3 is 15.6 Å². The third-order valence-corrected chi connectivity index (χ3v) is 3.13. The number of nitrogen functional groups attached to an aromatic ring is 1. The molecule has 0 bridgehead atoms. The van der Waals surface area contributed by atoms with E-state index in [4.69, 9.17) is 5.84 Å². The van der Waals surface area contributed by atoms with Crippen molar-refractivity contribution >= 4 is 17.5 Å². The van der Waals surface area contributed by atoms with Crippen LogP contribution in [0.25, 0.3) is 0 Å². The number of nitrogens with one attached hydrogen (secondary N) is 2. The van der Waals surface area contributed by atoms with Crippen molar-refractivity contribution in [1.82, 2.24) is 15.3 Å². The van der Waals surface area contributed by atoms with E-state index in [9.17, 15) is 4.79 Å². The number of anilines is 2. The second-order valence-corrected chi connectivity index (χ2v) is 4.31. The van der Waals surface area contributed by atoms with Crippen molar-refractivity contribution in [2.75, 3.05) is 30.5 Å². The predicted molar refractivity (Wildman–Crippen MR) is 68.8 cm³/mol. The molecule has 1 aromatic heterocycles. The molecule has 1 unspecified atom stereocenters. The van der Waals surface area contributed by atoms with Crippen molar-refractivity contribution in [3.63, 3.8) is 0 Å². The standard InChI is InChI=1S/C11H18N6O/c1-13-11(18)8-3-2-4-17(7-8)10-6-14-5-9(15-10)16-12/h5-6,8H,2-4,7,12H2,1H3,(H,13,18)(H,15,16). The van der Waals surface area contributed by atoms with Crippen LogP contribution in [0.4, 0.5) is 11.6 Å². The molecule has 1 aliphatic heterocycles. The highest BCUT2D eigenvalue weighted by atomic mass is 16.1. The van der Waals surface area contributed by atoms with Gasteiger partial charge in [0.05, 0.1) is 18.3 Å². The zero-order valence-corrected chi connectivity index (χ0v) is 10.4. The van der Waals surface area contributed by atoms with Crippen molar-refractivity contribution in [3.05, 3.63) is 12.4 Å². The van der Waals surface area contributed by atoms with E-state index in [1.54, 1.807) is 19.4 Å². The maximum Gasteiger partial charge on any atom is 0.224 e. The highest BCUT2D eigenvalue weighted by Gasteiger charge is 2.25. The first-order valence-electron chi connectivity index (χ1n) is 5.99. The van der Waals surface area contributed by atoms with Crippen LogP contribution in [-0.2, 0) is 4.79 Å². The number of hydrazine groups is 1. The van der Waals surface area contributed by atoms with Crippen molar-refractivity contribution in [2.24, 2.45) is 11.8 Å². The molecule has 0 aliphatic carbocycles. The molecule has 1 atom stereocenters. The van der Waals surface area contributed by atoms with Gasteiger partial charge in [-0.05, 0) is 12.8 Å². The summed E-state index contributed by atoms with van der Waals surface area (Å²) in [6.07, 6.45) is 5.13. The molecule has 18 heavy (non-hydrogen) atoms. The van der Waals surface area contributed by atoms with Crippen LogP contribution < -0.4 is 21.5 Å². The third-order valence-electron chi connectivity index (χ3n) is 3.13. The summed E-state index contributed by atoms with van der Waals surface area (Å²) in [4.78, 5) is 22.1. The van der Waals surface area contributed by atoms with Gasteiger partial charge in [0.1, 0.15) is 5.82 Å². The number of hydrogen-bond acceptors (Lipinski definition) is 6. The van der Waals surface area contributed by atoms with Gasteiger partial charge in [-0.15, -0.1) is 0 Å². The molecule has 1 saturated heterocycles. The molecule has 7 heteroatoms. The summed E-state index contributed by atoms with van der Waals surface area (Å²) in [7, 11) is 1.67. The van der Waals surface area contributed by atoms with E-state index in [1.165, 1.54) is 0 Å². The van der Waals surface area contributed by atoms with Crippen LogP contribution in [0.15, 0.2) is 12.4 Å². The number of hydrogen-bond donors (Lipinski definition) is 3. The summed E-state index contributed by atoms with van der Waals surface area (Å²) in [5.74, 6) is 6.68. The molecule has 4 N–H and O–H groups in total. The Morgan fingerprint density at radius 1 is 1.56 bits per heavy atom. The fraction of sp³-hybridized carbons (Fsp3) is 0.545. The SMILES string of the molecule is CNC(=O)C1CCCN(c2cncc(NN)n2)C1. The number of carbonyl (C=O) groups is 1. The van der Waals surface area contributed by atoms with E-state index in [2.05, 4.69) is 25.6 Å². The van der Waals surface area contributed by atoms with Gasteiger partial charge in [-0.1, -0.05) is 0 Å². The Morgan fingerprint density at radius 2 is 2.39 bits per heavy atom. The Hall–Kier alpha value is -1.89. The van der Waals surface area contributed by atoms with E-state index in [0.29, 0.717) is 12.4 Å². The molecule has 1 aliphatic rings. The zero-order chi connectivity index (χ0) is 13.0. The van der Waals surface area contributed by atoms with Crippen LogP contribution in [0.3, 0.4) is 0 Å². The maximum absolute atomic E-state index is 11.7. The predicted octanol–water partition coefficient (Wildman–Crippen LogP) is -0.275. The van der Waals surface area contributed by atoms with E-state index >= 15 is 0 Å². The van der Waals surface area contributed by atoms with Gasteiger partial charge in [0.25, 0.3) is 0 Å². The van der Waals surface area contributed by atoms with Crippen LogP contribution in [0.2, 0.25) is 0 Å². The number of rotatable bonds is 3. The zero-order valence-electron chi connectivity index (χ0n) is 10.4. The number of nitrogens with zero attached hydrogens (tertiary/aromatic N) is 3. The van der Waals surface area contributed by atoms with E-state index < -0.39 is 0 Å². The summed E-state index contributed by atoms with van der Waals surface area (Å²) >= 11 is 0. The van der Waals surface area contributed by atoms with E-state index in [-0.39, 0.29) is 11.8 Å². The van der Waals surface area contributed by atoms with Crippen molar-refractivity contribution in [1.29, 1.82) is 0 Å². The topological polar surface area (TPSA) is 96.2 Å². The minimum Gasteiger partial charge on any atom is -0.359 e. The van der Waals surface area contributed by atoms with Crippen molar-refractivity contribution in [2.45, 2.75) is 12.8 Å². The largest absolute Gasteiger partial charge is 0.359 e. The first-order valence-corrected chi connectivity index (χ1v) is 5.99. The molecular weight excluding hydrogens is 232 g/mol. The van der Waals surface area contributed by atoms with Crippen molar-refractivity contribution < 1.29 is 4.79 Å². The third kappa shape index (κ3) is 2.67. The van der Waals surface area contributed by atoms with Crippen LogP contribution in [0.5, 0.6) is 0 Å². The molecule has 1 aromatic rings. The lowest BCUT2D eigenvalue weighted by Gasteiger charge is -2.32. The van der Waals surface area contributed by atoms with Gasteiger partial charge in [0.2, 0.25) is 5.91 Å². The molecule has 0 radical (unpaired) electrons. The summed E-state index contributed by atoms with van der Waals surface area (Å²) in [5, 5.41) is 2.70. The summed E-state index contributed by atoms with van der Waals surface area (Å²) in [6, 6.07) is 0. The Labute approximate surface area is 106 Å². The average Bonchev–Trinajstić information content (AvgIpc) is 2.46. The highest BCUT2D eigenvalue weighted by molar-refractivity contribution is 5.79. The molecule has 1 amide bonds. The van der Waals surface area contributed by atoms with Gasteiger partial charge in [0.15, 0.2) is 5.82 Å². The second kappa shape index (κ2) is 5.63. The normalized spacial score (nSPS) is 19.4. The fourth-order valence-corrected chi connectivity index (χ4v) is 2.18. The van der Waals surface area contributed by atoms with Crippen LogP contribution in [-0.4, -0.2) is 36.0 Å². The van der Waals surface area contributed by atoms with Crippen LogP contribution in [0, 0.1) is 5.92 Å². The molecule has 7 nitrogen and oxygen atoms in total. The van der Waals surface area contributed by atoms with Gasteiger partial charge >= 0.3 is 0 Å². The molecule has 0 aromatic carbocycles. The Kier molecular flexibility index (Phi) is 3.93. The second-order valence-electron chi connectivity index (χ2n) is 4.31. The lowest BCUT2D eigenvalue weighted by molar-refractivity contribution is -0.124. The molecule has 0 spiro atoms. The number of aromatic nitrogens is 2.